The van der Waals surface area contributed by atoms with Gasteiger partial charge in [0.1, 0.15) is 0 Å². The summed E-state index contributed by atoms with van der Waals surface area (Å²) in [5, 5.41) is 7.81. The van der Waals surface area contributed by atoms with Gasteiger partial charge in [-0.2, -0.15) is 5.10 Å². The van der Waals surface area contributed by atoms with E-state index in [-0.39, 0.29) is 5.60 Å². The van der Waals surface area contributed by atoms with Crippen LogP contribution in [0, 0.1) is 0 Å². The van der Waals surface area contributed by atoms with Crippen LogP contribution >= 0.6 is 0 Å². The zero-order valence-electron chi connectivity index (χ0n) is 11.9. The van der Waals surface area contributed by atoms with Crippen LogP contribution in [-0.2, 0) is 17.8 Å². The first-order valence-corrected chi connectivity index (χ1v) is 7.70. The van der Waals surface area contributed by atoms with Gasteiger partial charge >= 0.3 is 0 Å². The Labute approximate surface area is 115 Å². The minimum atomic E-state index is 0.236. The molecule has 106 valence electrons. The topological polar surface area (TPSA) is 39.1 Å². The lowest BCUT2D eigenvalue weighted by atomic mass is 9.98. The van der Waals surface area contributed by atoms with Gasteiger partial charge in [0.25, 0.3) is 0 Å². The lowest BCUT2D eigenvalue weighted by Gasteiger charge is -2.24. The maximum absolute atomic E-state index is 6.36. The fraction of sp³-hybridized carbons (Fsp3) is 0.800. The predicted octanol–water partition coefficient (Wildman–Crippen LogP) is 2.48. The first-order chi connectivity index (χ1) is 9.31. The van der Waals surface area contributed by atoms with Gasteiger partial charge in [-0.25, -0.2) is 0 Å². The molecular formula is C15H25N3O. The number of rotatable bonds is 5. The Hall–Kier alpha value is -0.870. The third-order valence-electron chi connectivity index (χ3n) is 4.59. The van der Waals surface area contributed by atoms with Crippen LogP contribution in [0.15, 0.2) is 12.3 Å². The number of hydrogen-bond acceptors (Lipinski definition) is 3. The highest BCUT2D eigenvalue weighted by atomic mass is 16.5. The Balaban J connectivity index is 1.58. The Morgan fingerprint density at radius 1 is 1.42 bits per heavy atom. The highest BCUT2D eigenvalue weighted by Crippen LogP contribution is 2.43. The van der Waals surface area contributed by atoms with Crippen LogP contribution in [0.25, 0.3) is 0 Å². The zero-order chi connectivity index (χ0) is 13.1. The second kappa shape index (κ2) is 5.63. The molecule has 2 heterocycles. The smallest absolute Gasteiger partial charge is 0.0779 e. The Kier molecular flexibility index (Phi) is 3.89. The average molecular weight is 263 g/mol. The Morgan fingerprint density at radius 2 is 2.26 bits per heavy atom. The summed E-state index contributed by atoms with van der Waals surface area (Å²) < 4.78 is 8.47. The van der Waals surface area contributed by atoms with Crippen LogP contribution < -0.4 is 5.32 Å². The van der Waals surface area contributed by atoms with Crippen LogP contribution in [0.5, 0.6) is 0 Å². The maximum Gasteiger partial charge on any atom is 0.0779 e. The summed E-state index contributed by atoms with van der Waals surface area (Å²) in [5.41, 5.74) is 1.50. The zero-order valence-corrected chi connectivity index (χ0v) is 11.9. The highest BCUT2D eigenvalue weighted by Gasteiger charge is 2.42. The van der Waals surface area contributed by atoms with E-state index >= 15 is 0 Å². The van der Waals surface area contributed by atoms with E-state index in [0.717, 1.165) is 19.6 Å². The number of nitrogens with zero attached hydrogens (tertiary/aromatic N) is 2. The standard InChI is InChI=1S/C15H25N3O/c1-2-16-11-13-6-10-17-18(13)12-14-5-9-15(19-14)7-3-4-8-15/h6,10,14,16H,2-5,7-9,11-12H2,1H3. The quantitative estimate of drug-likeness (QED) is 0.887. The molecule has 1 saturated heterocycles. The Morgan fingerprint density at radius 3 is 3.05 bits per heavy atom. The first kappa shape index (κ1) is 13.1. The minimum Gasteiger partial charge on any atom is -0.370 e. The van der Waals surface area contributed by atoms with Crippen molar-refractivity contribution in [3.8, 4) is 0 Å². The monoisotopic (exact) mass is 263 g/mol. The van der Waals surface area contributed by atoms with Crippen molar-refractivity contribution in [3.63, 3.8) is 0 Å². The van der Waals surface area contributed by atoms with E-state index < -0.39 is 0 Å². The van der Waals surface area contributed by atoms with Crippen molar-refractivity contribution >= 4 is 0 Å². The Bertz CT molecular complexity index is 409. The second-order valence-electron chi connectivity index (χ2n) is 5.95. The van der Waals surface area contributed by atoms with Gasteiger partial charge in [-0.3, -0.25) is 4.68 Å². The normalized spacial score (nSPS) is 25.4. The molecule has 4 heteroatoms. The van der Waals surface area contributed by atoms with Crippen LogP contribution in [-0.4, -0.2) is 28.0 Å². The summed E-state index contributed by atoms with van der Waals surface area (Å²) in [6.45, 7) is 4.93. The van der Waals surface area contributed by atoms with Gasteiger partial charge in [0.2, 0.25) is 0 Å². The molecule has 1 spiro atoms. The highest BCUT2D eigenvalue weighted by molar-refractivity contribution is 5.01. The van der Waals surface area contributed by atoms with E-state index in [0.29, 0.717) is 6.10 Å². The van der Waals surface area contributed by atoms with Crippen LogP contribution in [0.3, 0.4) is 0 Å². The van der Waals surface area contributed by atoms with E-state index in [1.165, 1.54) is 44.2 Å². The van der Waals surface area contributed by atoms with Gasteiger partial charge in [-0.1, -0.05) is 19.8 Å². The molecule has 1 unspecified atom stereocenters. The summed E-state index contributed by atoms with van der Waals surface area (Å²) in [5.74, 6) is 0. The van der Waals surface area contributed by atoms with E-state index in [1.54, 1.807) is 0 Å². The molecule has 1 aliphatic heterocycles. The van der Waals surface area contributed by atoms with Crippen molar-refractivity contribution in [2.75, 3.05) is 6.54 Å². The van der Waals surface area contributed by atoms with Crippen molar-refractivity contribution in [3.05, 3.63) is 18.0 Å². The average Bonchev–Trinajstić information content (AvgIpc) is 3.12. The van der Waals surface area contributed by atoms with Crippen LogP contribution in [0.2, 0.25) is 0 Å². The molecule has 0 bridgehead atoms. The largest absolute Gasteiger partial charge is 0.370 e. The molecule has 2 fully saturated rings. The fourth-order valence-corrected chi connectivity index (χ4v) is 3.53. The summed E-state index contributed by atoms with van der Waals surface area (Å²) in [6.07, 6.45) is 9.94. The van der Waals surface area contributed by atoms with Crippen molar-refractivity contribution in [2.24, 2.45) is 0 Å². The van der Waals surface area contributed by atoms with Crippen molar-refractivity contribution in [1.82, 2.24) is 15.1 Å². The molecule has 1 N–H and O–H groups in total. The molecule has 4 nitrogen and oxygen atoms in total. The molecule has 0 radical (unpaired) electrons. The minimum absolute atomic E-state index is 0.236. The van der Waals surface area contributed by atoms with Gasteiger partial charge in [-0.15, -0.1) is 0 Å². The fourth-order valence-electron chi connectivity index (χ4n) is 3.53. The molecule has 1 aromatic heterocycles. The summed E-state index contributed by atoms with van der Waals surface area (Å²) in [7, 11) is 0. The molecular weight excluding hydrogens is 238 g/mol. The molecule has 2 aliphatic rings. The van der Waals surface area contributed by atoms with Crippen molar-refractivity contribution < 1.29 is 4.74 Å². The van der Waals surface area contributed by atoms with E-state index in [9.17, 15) is 0 Å². The number of aromatic nitrogens is 2. The van der Waals surface area contributed by atoms with Crippen molar-refractivity contribution in [2.45, 2.75) is 70.2 Å². The van der Waals surface area contributed by atoms with Crippen molar-refractivity contribution in [1.29, 1.82) is 0 Å². The lowest BCUT2D eigenvalue weighted by molar-refractivity contribution is -0.0431. The van der Waals surface area contributed by atoms with Crippen LogP contribution in [0.1, 0.15) is 51.1 Å². The first-order valence-electron chi connectivity index (χ1n) is 7.70. The van der Waals surface area contributed by atoms with Gasteiger partial charge in [-0.05, 0) is 38.3 Å². The third kappa shape index (κ3) is 2.84. The van der Waals surface area contributed by atoms with Gasteiger partial charge in [0.05, 0.1) is 23.9 Å². The molecule has 0 amide bonds. The molecule has 3 rings (SSSR count). The molecule has 1 atom stereocenters. The third-order valence-corrected chi connectivity index (χ3v) is 4.59. The number of hydrogen-bond donors (Lipinski definition) is 1. The van der Waals surface area contributed by atoms with Gasteiger partial charge in [0, 0.05) is 12.7 Å². The second-order valence-corrected chi connectivity index (χ2v) is 5.95. The van der Waals surface area contributed by atoms with Crippen LogP contribution in [0.4, 0.5) is 0 Å². The van der Waals surface area contributed by atoms with E-state index in [1.807, 2.05) is 6.20 Å². The van der Waals surface area contributed by atoms with Gasteiger partial charge < -0.3 is 10.1 Å². The van der Waals surface area contributed by atoms with Gasteiger partial charge in [0.15, 0.2) is 0 Å². The molecule has 1 saturated carbocycles. The SMILES string of the molecule is CCNCc1ccnn1CC1CCC2(CCCC2)O1. The molecule has 0 aromatic carbocycles. The maximum atomic E-state index is 6.36. The molecule has 1 aromatic rings. The van der Waals surface area contributed by atoms with E-state index in [4.69, 9.17) is 4.74 Å². The number of ether oxygens (including phenoxy) is 1. The predicted molar refractivity (Wildman–Crippen MR) is 74.9 cm³/mol. The summed E-state index contributed by atoms with van der Waals surface area (Å²) in [4.78, 5) is 0. The number of nitrogens with one attached hydrogen (secondary N) is 1. The lowest BCUT2D eigenvalue weighted by Crippen LogP contribution is -2.27. The van der Waals surface area contributed by atoms with E-state index in [2.05, 4.69) is 28.1 Å². The summed E-state index contributed by atoms with van der Waals surface area (Å²) in [6, 6.07) is 2.10. The summed E-state index contributed by atoms with van der Waals surface area (Å²) >= 11 is 0. The molecule has 1 aliphatic carbocycles. The molecule has 19 heavy (non-hydrogen) atoms.